The minimum absolute atomic E-state index is 0.122. The van der Waals surface area contributed by atoms with E-state index in [0.717, 1.165) is 34.8 Å². The predicted molar refractivity (Wildman–Crippen MR) is 103 cm³/mol. The number of esters is 1. The van der Waals surface area contributed by atoms with Crippen LogP contribution >= 0.6 is 0 Å². The maximum atomic E-state index is 12.2. The number of fused-ring (bicyclic) bond motifs is 4. The van der Waals surface area contributed by atoms with Crippen LogP contribution in [-0.4, -0.2) is 12.6 Å². The summed E-state index contributed by atoms with van der Waals surface area (Å²) < 4.78 is 16.9. The molecule has 0 radical (unpaired) electrons. The molecule has 0 saturated carbocycles. The molecule has 1 aliphatic rings. The molecule has 3 aromatic carbocycles. The molecule has 0 aliphatic heterocycles. The molecule has 4 aromatic rings. The summed E-state index contributed by atoms with van der Waals surface area (Å²) in [5.74, 6) is 0.767. The lowest BCUT2D eigenvalue weighted by Gasteiger charge is -2.08. The van der Waals surface area contributed by atoms with Crippen LogP contribution in [0.4, 0.5) is 0 Å². The van der Waals surface area contributed by atoms with E-state index < -0.39 is 5.97 Å². The summed E-state index contributed by atoms with van der Waals surface area (Å²) in [6.45, 7) is -0.122. The van der Waals surface area contributed by atoms with Gasteiger partial charge in [0.1, 0.15) is 22.7 Å². The summed E-state index contributed by atoms with van der Waals surface area (Å²) in [6, 6.07) is 19.2. The van der Waals surface area contributed by atoms with Gasteiger partial charge in [-0.05, 0) is 66.8 Å². The van der Waals surface area contributed by atoms with Crippen molar-refractivity contribution in [2.24, 2.45) is 0 Å². The highest BCUT2D eigenvalue weighted by atomic mass is 16.6. The number of rotatable bonds is 4. The van der Waals surface area contributed by atoms with E-state index in [2.05, 4.69) is 6.07 Å². The molecule has 0 spiro atoms. The second kappa shape index (κ2) is 6.47. The minimum Gasteiger partial charge on any atom is -0.482 e. The smallest absolute Gasteiger partial charge is 0.349 e. The first-order valence-corrected chi connectivity index (χ1v) is 9.13. The van der Waals surface area contributed by atoms with Gasteiger partial charge in [0.15, 0.2) is 6.61 Å². The predicted octanol–water partition coefficient (Wildman–Crippen LogP) is 5.06. The van der Waals surface area contributed by atoms with E-state index in [1.165, 1.54) is 17.5 Å². The van der Waals surface area contributed by atoms with Gasteiger partial charge in [-0.1, -0.05) is 24.3 Å². The van der Waals surface area contributed by atoms with Crippen molar-refractivity contribution in [2.75, 3.05) is 6.61 Å². The van der Waals surface area contributed by atoms with E-state index in [9.17, 15) is 4.79 Å². The Hall–Kier alpha value is -3.27. The van der Waals surface area contributed by atoms with Crippen molar-refractivity contribution in [3.63, 3.8) is 0 Å². The maximum absolute atomic E-state index is 12.2. The van der Waals surface area contributed by atoms with E-state index in [1.54, 1.807) is 6.07 Å². The van der Waals surface area contributed by atoms with Crippen LogP contribution < -0.4 is 9.47 Å². The van der Waals surface area contributed by atoms with Gasteiger partial charge in [-0.25, -0.2) is 4.79 Å². The molecule has 0 atom stereocenters. The van der Waals surface area contributed by atoms with Crippen molar-refractivity contribution in [3.8, 4) is 11.5 Å². The van der Waals surface area contributed by atoms with Crippen LogP contribution in [-0.2, 0) is 17.6 Å². The van der Waals surface area contributed by atoms with E-state index in [-0.39, 0.29) is 6.61 Å². The van der Waals surface area contributed by atoms with Gasteiger partial charge in [-0.15, -0.1) is 0 Å². The Bertz CT molecular complexity index is 1160. The van der Waals surface area contributed by atoms with Crippen molar-refractivity contribution in [1.29, 1.82) is 0 Å². The van der Waals surface area contributed by atoms with Gasteiger partial charge in [0, 0.05) is 10.8 Å². The zero-order chi connectivity index (χ0) is 18.2. The zero-order valence-corrected chi connectivity index (χ0v) is 14.7. The number of benzene rings is 3. The Morgan fingerprint density at radius 3 is 2.63 bits per heavy atom. The molecule has 27 heavy (non-hydrogen) atoms. The van der Waals surface area contributed by atoms with E-state index in [0.29, 0.717) is 11.5 Å². The molecular weight excluding hydrogens is 340 g/mol. The first kappa shape index (κ1) is 15.9. The number of carbonyl (C=O) groups excluding carboxylic acids is 1. The molecule has 4 heteroatoms. The Labute approximate surface area is 156 Å². The quantitative estimate of drug-likeness (QED) is 0.378. The topological polar surface area (TPSA) is 48.7 Å². The SMILES string of the molecule is O=C(COc1ccc2c(c1)CCC2)Oc1ccc2oc3ccccc3c2c1. The number of hydrogen-bond acceptors (Lipinski definition) is 4. The number of para-hydroxylation sites is 1. The van der Waals surface area contributed by atoms with Crippen LogP contribution in [0.3, 0.4) is 0 Å². The fraction of sp³-hybridized carbons (Fsp3) is 0.174. The molecule has 134 valence electrons. The highest BCUT2D eigenvalue weighted by Crippen LogP contribution is 2.31. The Kier molecular flexibility index (Phi) is 3.82. The summed E-state index contributed by atoms with van der Waals surface area (Å²) in [4.78, 5) is 12.2. The summed E-state index contributed by atoms with van der Waals surface area (Å²) in [7, 11) is 0. The number of aryl methyl sites for hydroxylation is 2. The summed E-state index contributed by atoms with van der Waals surface area (Å²) >= 11 is 0. The Morgan fingerprint density at radius 2 is 1.67 bits per heavy atom. The van der Waals surface area contributed by atoms with Crippen molar-refractivity contribution in [3.05, 3.63) is 71.8 Å². The van der Waals surface area contributed by atoms with Gasteiger partial charge in [-0.2, -0.15) is 0 Å². The van der Waals surface area contributed by atoms with Crippen molar-refractivity contribution in [1.82, 2.24) is 0 Å². The van der Waals surface area contributed by atoms with Crippen LogP contribution in [0.2, 0.25) is 0 Å². The molecular formula is C23H18O4. The molecule has 0 amide bonds. The molecule has 1 aromatic heterocycles. The molecule has 1 aliphatic carbocycles. The van der Waals surface area contributed by atoms with Crippen LogP contribution in [0, 0.1) is 0 Å². The van der Waals surface area contributed by atoms with E-state index >= 15 is 0 Å². The number of ether oxygens (including phenoxy) is 2. The van der Waals surface area contributed by atoms with E-state index in [4.69, 9.17) is 13.9 Å². The number of carbonyl (C=O) groups is 1. The Balaban J connectivity index is 1.29. The third-order valence-corrected chi connectivity index (χ3v) is 5.01. The second-order valence-electron chi connectivity index (χ2n) is 6.80. The summed E-state index contributed by atoms with van der Waals surface area (Å²) in [5, 5.41) is 1.93. The highest BCUT2D eigenvalue weighted by Gasteiger charge is 2.13. The van der Waals surface area contributed by atoms with Gasteiger partial charge >= 0.3 is 5.97 Å². The van der Waals surface area contributed by atoms with Gasteiger partial charge in [0.05, 0.1) is 0 Å². The zero-order valence-electron chi connectivity index (χ0n) is 14.7. The monoisotopic (exact) mass is 358 g/mol. The largest absolute Gasteiger partial charge is 0.482 e. The summed E-state index contributed by atoms with van der Waals surface area (Å²) in [5.41, 5.74) is 4.28. The summed E-state index contributed by atoms with van der Waals surface area (Å²) in [6.07, 6.45) is 3.39. The minimum atomic E-state index is -0.428. The normalized spacial score (nSPS) is 13.0. The van der Waals surface area contributed by atoms with Crippen molar-refractivity contribution < 1.29 is 18.7 Å². The van der Waals surface area contributed by atoms with Crippen molar-refractivity contribution in [2.45, 2.75) is 19.3 Å². The van der Waals surface area contributed by atoms with Crippen LogP contribution in [0.25, 0.3) is 21.9 Å². The molecule has 0 unspecified atom stereocenters. The van der Waals surface area contributed by atoms with Gasteiger partial charge < -0.3 is 13.9 Å². The molecule has 4 nitrogen and oxygen atoms in total. The van der Waals surface area contributed by atoms with E-state index in [1.807, 2.05) is 48.5 Å². The molecule has 0 N–H and O–H groups in total. The fourth-order valence-electron chi connectivity index (χ4n) is 3.71. The Morgan fingerprint density at radius 1 is 0.852 bits per heavy atom. The molecule has 5 rings (SSSR count). The highest BCUT2D eigenvalue weighted by molar-refractivity contribution is 6.05. The van der Waals surface area contributed by atoms with Gasteiger partial charge in [0.25, 0.3) is 0 Å². The third-order valence-electron chi connectivity index (χ3n) is 5.01. The lowest BCUT2D eigenvalue weighted by molar-refractivity contribution is -0.136. The number of hydrogen-bond donors (Lipinski definition) is 0. The lowest BCUT2D eigenvalue weighted by atomic mass is 10.1. The van der Waals surface area contributed by atoms with Gasteiger partial charge in [-0.3, -0.25) is 0 Å². The maximum Gasteiger partial charge on any atom is 0.349 e. The molecule has 1 heterocycles. The molecule has 0 fully saturated rings. The first-order chi connectivity index (χ1) is 13.3. The fourth-order valence-corrected chi connectivity index (χ4v) is 3.71. The molecule has 0 saturated heterocycles. The van der Waals surface area contributed by atoms with Crippen molar-refractivity contribution >= 4 is 27.9 Å². The van der Waals surface area contributed by atoms with Crippen LogP contribution in [0.1, 0.15) is 17.5 Å². The second-order valence-corrected chi connectivity index (χ2v) is 6.80. The standard InChI is InChI=1S/C23H18O4/c24-23(14-25-17-9-8-15-4-3-5-16(15)12-17)26-18-10-11-22-20(13-18)19-6-1-2-7-21(19)27-22/h1-2,6-13H,3-5,14H2. The third kappa shape index (κ3) is 3.04. The average molecular weight is 358 g/mol. The van der Waals surface area contributed by atoms with Crippen LogP contribution in [0.15, 0.2) is 65.1 Å². The molecule has 0 bridgehead atoms. The average Bonchev–Trinajstić information content (AvgIpc) is 3.30. The lowest BCUT2D eigenvalue weighted by Crippen LogP contribution is -2.17. The van der Waals surface area contributed by atoms with Crippen LogP contribution in [0.5, 0.6) is 11.5 Å². The first-order valence-electron chi connectivity index (χ1n) is 9.13. The van der Waals surface area contributed by atoms with Gasteiger partial charge in [0.2, 0.25) is 0 Å². The number of furan rings is 1.